The maximum Gasteiger partial charge on any atom is 0.196 e. The van der Waals surface area contributed by atoms with Crippen molar-refractivity contribution < 1.29 is 18.7 Å². The molecule has 0 saturated carbocycles. The minimum absolute atomic E-state index is 0.0803. The Kier molecular flexibility index (Phi) is 4.20. The lowest BCUT2D eigenvalue weighted by molar-refractivity contribution is 0.103. The molecule has 0 N–H and O–H groups in total. The molecule has 104 valence electrons. The highest BCUT2D eigenvalue weighted by atomic mass is 35.5. The minimum atomic E-state index is -0.691. The van der Waals surface area contributed by atoms with Crippen molar-refractivity contribution in [3.05, 3.63) is 52.6 Å². The summed E-state index contributed by atoms with van der Waals surface area (Å²) in [4.78, 5) is 15.9. The molecule has 1 heterocycles. The van der Waals surface area contributed by atoms with Gasteiger partial charge in [0.1, 0.15) is 0 Å². The molecule has 0 fully saturated rings. The molecule has 2 rings (SSSR count). The summed E-state index contributed by atoms with van der Waals surface area (Å²) in [7, 11) is 2.86. The topological polar surface area (TPSA) is 48.4 Å². The van der Waals surface area contributed by atoms with Gasteiger partial charge in [-0.3, -0.25) is 9.78 Å². The third-order valence-corrected chi connectivity index (χ3v) is 2.99. The van der Waals surface area contributed by atoms with Gasteiger partial charge in [-0.25, -0.2) is 4.39 Å². The van der Waals surface area contributed by atoms with Crippen molar-refractivity contribution in [1.29, 1.82) is 0 Å². The average Bonchev–Trinajstić information content (AvgIpc) is 2.46. The van der Waals surface area contributed by atoms with Crippen LogP contribution in [-0.2, 0) is 0 Å². The lowest BCUT2D eigenvalue weighted by Crippen LogP contribution is -2.05. The second kappa shape index (κ2) is 5.88. The summed E-state index contributed by atoms with van der Waals surface area (Å²) in [5, 5.41) is 0.213. The maximum absolute atomic E-state index is 13.6. The van der Waals surface area contributed by atoms with E-state index in [2.05, 4.69) is 4.98 Å². The summed E-state index contributed by atoms with van der Waals surface area (Å²) in [6, 6.07) is 4.17. The van der Waals surface area contributed by atoms with Crippen LogP contribution in [0.5, 0.6) is 11.5 Å². The van der Waals surface area contributed by atoms with Gasteiger partial charge in [-0.2, -0.15) is 0 Å². The number of ether oxygens (including phenoxy) is 2. The van der Waals surface area contributed by atoms with Gasteiger partial charge in [0, 0.05) is 11.8 Å². The Bertz CT molecular complexity index is 661. The zero-order valence-electron chi connectivity index (χ0n) is 10.8. The zero-order valence-corrected chi connectivity index (χ0v) is 11.6. The van der Waals surface area contributed by atoms with Crippen LogP contribution in [0.25, 0.3) is 0 Å². The number of carbonyl (C=O) groups is 1. The molecule has 0 aliphatic heterocycles. The van der Waals surface area contributed by atoms with Gasteiger partial charge in [0.05, 0.1) is 31.0 Å². The molecule has 1 aromatic carbocycles. The summed E-state index contributed by atoms with van der Waals surface area (Å²) >= 11 is 6.02. The fourth-order valence-electron chi connectivity index (χ4n) is 1.76. The van der Waals surface area contributed by atoms with Crippen LogP contribution in [0.15, 0.2) is 30.6 Å². The van der Waals surface area contributed by atoms with Crippen LogP contribution in [0.4, 0.5) is 4.39 Å². The molecule has 0 aliphatic carbocycles. The monoisotopic (exact) mass is 295 g/mol. The lowest BCUT2D eigenvalue weighted by atomic mass is 10.0. The first-order valence-corrected chi connectivity index (χ1v) is 6.02. The quantitative estimate of drug-likeness (QED) is 0.813. The van der Waals surface area contributed by atoms with Crippen LogP contribution in [0.2, 0.25) is 5.02 Å². The number of pyridine rings is 1. The first-order valence-electron chi connectivity index (χ1n) is 5.64. The highest BCUT2D eigenvalue weighted by molar-refractivity contribution is 6.33. The van der Waals surface area contributed by atoms with Gasteiger partial charge < -0.3 is 9.47 Å². The Morgan fingerprint density at radius 3 is 2.65 bits per heavy atom. The average molecular weight is 296 g/mol. The van der Waals surface area contributed by atoms with Gasteiger partial charge >= 0.3 is 0 Å². The molecular weight excluding hydrogens is 285 g/mol. The third kappa shape index (κ3) is 2.58. The number of aromatic nitrogens is 1. The van der Waals surface area contributed by atoms with E-state index in [0.717, 1.165) is 6.20 Å². The fourth-order valence-corrected chi connectivity index (χ4v) is 2.05. The molecule has 2 aromatic rings. The van der Waals surface area contributed by atoms with Crippen LogP contribution in [-0.4, -0.2) is 25.0 Å². The molecule has 1 aromatic heterocycles. The number of halogens is 2. The van der Waals surface area contributed by atoms with Gasteiger partial charge in [-0.1, -0.05) is 11.6 Å². The third-order valence-electron chi connectivity index (χ3n) is 2.71. The largest absolute Gasteiger partial charge is 0.493 e. The summed E-state index contributed by atoms with van der Waals surface area (Å²) in [6.45, 7) is 0. The molecule has 0 spiro atoms. The summed E-state index contributed by atoms with van der Waals surface area (Å²) in [5.74, 6) is -0.574. The first kappa shape index (κ1) is 14.3. The van der Waals surface area contributed by atoms with Crippen molar-refractivity contribution in [1.82, 2.24) is 4.98 Å². The maximum atomic E-state index is 13.6. The number of hydrogen-bond donors (Lipinski definition) is 0. The van der Waals surface area contributed by atoms with E-state index in [1.165, 1.54) is 38.6 Å². The van der Waals surface area contributed by atoms with Crippen molar-refractivity contribution in [2.45, 2.75) is 0 Å². The normalized spacial score (nSPS) is 10.2. The SMILES string of the molecule is COc1cc(C(=O)c2ccncc2F)cc(Cl)c1OC. The number of ketones is 1. The molecule has 6 heteroatoms. The van der Waals surface area contributed by atoms with Crippen LogP contribution in [0.3, 0.4) is 0 Å². The number of benzene rings is 1. The van der Waals surface area contributed by atoms with Crippen molar-refractivity contribution in [3.63, 3.8) is 0 Å². The Hall–Kier alpha value is -2.14. The molecule has 0 unspecified atom stereocenters. The summed E-state index contributed by atoms with van der Waals surface area (Å²) in [5.41, 5.74) is 0.126. The molecule has 0 saturated heterocycles. The number of hydrogen-bond acceptors (Lipinski definition) is 4. The van der Waals surface area contributed by atoms with Crippen LogP contribution in [0.1, 0.15) is 15.9 Å². The van der Waals surface area contributed by atoms with E-state index in [9.17, 15) is 9.18 Å². The molecule has 4 nitrogen and oxygen atoms in total. The lowest BCUT2D eigenvalue weighted by Gasteiger charge is -2.11. The van der Waals surface area contributed by atoms with Crippen molar-refractivity contribution in [3.8, 4) is 11.5 Å². The van der Waals surface area contributed by atoms with Crippen LogP contribution in [0, 0.1) is 5.82 Å². The van der Waals surface area contributed by atoms with Crippen LogP contribution < -0.4 is 9.47 Å². The number of methoxy groups -OCH3 is 2. The Morgan fingerprint density at radius 2 is 2.05 bits per heavy atom. The van der Waals surface area contributed by atoms with E-state index in [1.807, 2.05) is 0 Å². The molecule has 0 amide bonds. The van der Waals surface area contributed by atoms with Gasteiger partial charge in [-0.05, 0) is 18.2 Å². The predicted octanol–water partition coefficient (Wildman–Crippen LogP) is 3.12. The first-order chi connectivity index (χ1) is 9.58. The fraction of sp³-hybridized carbons (Fsp3) is 0.143. The van der Waals surface area contributed by atoms with Crippen molar-refractivity contribution in [2.75, 3.05) is 14.2 Å². The van der Waals surface area contributed by atoms with E-state index in [1.54, 1.807) is 0 Å². The predicted molar refractivity (Wildman–Crippen MR) is 72.2 cm³/mol. The van der Waals surface area contributed by atoms with Gasteiger partial charge in [0.2, 0.25) is 0 Å². The molecule has 0 bridgehead atoms. The van der Waals surface area contributed by atoms with Gasteiger partial charge in [-0.15, -0.1) is 0 Å². The Morgan fingerprint density at radius 1 is 1.30 bits per heavy atom. The Labute approximate surface area is 120 Å². The van der Waals surface area contributed by atoms with Crippen molar-refractivity contribution >= 4 is 17.4 Å². The highest BCUT2D eigenvalue weighted by Crippen LogP contribution is 2.36. The van der Waals surface area contributed by atoms with E-state index < -0.39 is 11.6 Å². The second-order valence-electron chi connectivity index (χ2n) is 3.88. The van der Waals surface area contributed by atoms with Crippen molar-refractivity contribution in [2.24, 2.45) is 0 Å². The van der Waals surface area contributed by atoms with E-state index in [0.29, 0.717) is 11.5 Å². The standard InChI is InChI=1S/C14H11ClFNO3/c1-19-12-6-8(5-10(15)14(12)20-2)13(18)9-3-4-17-7-11(9)16/h3-7H,1-2H3. The summed E-state index contributed by atoms with van der Waals surface area (Å²) in [6.07, 6.45) is 2.33. The highest BCUT2D eigenvalue weighted by Gasteiger charge is 2.18. The minimum Gasteiger partial charge on any atom is -0.493 e. The van der Waals surface area contributed by atoms with E-state index in [-0.39, 0.29) is 16.1 Å². The second-order valence-corrected chi connectivity index (χ2v) is 4.29. The van der Waals surface area contributed by atoms with Crippen LogP contribution >= 0.6 is 11.6 Å². The summed E-state index contributed by atoms with van der Waals surface area (Å²) < 4.78 is 23.8. The van der Waals surface area contributed by atoms with E-state index >= 15 is 0 Å². The molecule has 0 aliphatic rings. The molecule has 0 atom stereocenters. The molecule has 20 heavy (non-hydrogen) atoms. The smallest absolute Gasteiger partial charge is 0.196 e. The number of nitrogens with zero attached hydrogens (tertiary/aromatic N) is 1. The van der Waals surface area contributed by atoms with Gasteiger partial charge in [0.15, 0.2) is 23.1 Å². The molecule has 0 radical (unpaired) electrons. The number of carbonyl (C=O) groups excluding carboxylic acids is 1. The Balaban J connectivity index is 2.51. The molecular formula is C14H11ClFNO3. The van der Waals surface area contributed by atoms with Gasteiger partial charge in [0.25, 0.3) is 0 Å². The van der Waals surface area contributed by atoms with E-state index in [4.69, 9.17) is 21.1 Å². The number of rotatable bonds is 4. The zero-order chi connectivity index (χ0) is 14.7.